The SMILES string of the molecule is CNc1cc(C2CC2)nc(-c2ccsc2)n1. The molecular formula is C12H13N3S. The summed E-state index contributed by atoms with van der Waals surface area (Å²) in [5, 5.41) is 7.25. The third-order valence-electron chi connectivity index (χ3n) is 2.78. The van der Waals surface area contributed by atoms with Gasteiger partial charge in [-0.2, -0.15) is 11.3 Å². The Hall–Kier alpha value is -1.42. The summed E-state index contributed by atoms with van der Waals surface area (Å²) in [6.45, 7) is 0. The highest BCUT2D eigenvalue weighted by atomic mass is 32.1. The van der Waals surface area contributed by atoms with Gasteiger partial charge in [0, 0.05) is 35.7 Å². The van der Waals surface area contributed by atoms with Gasteiger partial charge in [-0.3, -0.25) is 0 Å². The smallest absolute Gasteiger partial charge is 0.162 e. The minimum atomic E-state index is 0.660. The maximum Gasteiger partial charge on any atom is 0.162 e. The van der Waals surface area contributed by atoms with E-state index in [9.17, 15) is 0 Å². The molecule has 4 heteroatoms. The van der Waals surface area contributed by atoms with Crippen LogP contribution in [0, 0.1) is 0 Å². The molecule has 1 fully saturated rings. The Balaban J connectivity index is 2.06. The zero-order chi connectivity index (χ0) is 11.0. The summed E-state index contributed by atoms with van der Waals surface area (Å²) < 4.78 is 0. The van der Waals surface area contributed by atoms with Crippen LogP contribution in [0.5, 0.6) is 0 Å². The zero-order valence-corrected chi connectivity index (χ0v) is 9.92. The van der Waals surface area contributed by atoms with Gasteiger partial charge in [-0.05, 0) is 24.3 Å². The topological polar surface area (TPSA) is 37.8 Å². The first kappa shape index (κ1) is 9.78. The van der Waals surface area contributed by atoms with Gasteiger partial charge in [0.25, 0.3) is 0 Å². The van der Waals surface area contributed by atoms with Gasteiger partial charge in [-0.15, -0.1) is 0 Å². The average Bonchev–Trinajstić information content (AvgIpc) is 3.04. The molecule has 0 amide bonds. The van der Waals surface area contributed by atoms with Crippen molar-refractivity contribution in [2.24, 2.45) is 0 Å². The van der Waals surface area contributed by atoms with E-state index in [1.807, 2.05) is 7.05 Å². The summed E-state index contributed by atoms with van der Waals surface area (Å²) in [6, 6.07) is 4.13. The number of nitrogens with one attached hydrogen (secondary N) is 1. The van der Waals surface area contributed by atoms with Gasteiger partial charge < -0.3 is 5.32 Å². The zero-order valence-electron chi connectivity index (χ0n) is 9.10. The van der Waals surface area contributed by atoms with Crippen molar-refractivity contribution >= 4 is 17.2 Å². The second-order valence-corrected chi connectivity index (χ2v) is 4.82. The molecule has 3 rings (SSSR count). The highest BCUT2D eigenvalue weighted by Gasteiger charge is 2.26. The lowest BCUT2D eigenvalue weighted by Crippen LogP contribution is -1.99. The molecule has 2 heterocycles. The first-order chi connectivity index (χ1) is 7.86. The van der Waals surface area contributed by atoms with Crippen LogP contribution in [0.1, 0.15) is 24.5 Å². The molecule has 0 spiro atoms. The first-order valence-electron chi connectivity index (χ1n) is 5.46. The van der Waals surface area contributed by atoms with Crippen molar-refractivity contribution in [2.45, 2.75) is 18.8 Å². The van der Waals surface area contributed by atoms with Crippen molar-refractivity contribution in [3.63, 3.8) is 0 Å². The predicted octanol–water partition coefficient (Wildman–Crippen LogP) is 3.12. The van der Waals surface area contributed by atoms with Crippen molar-refractivity contribution in [3.05, 3.63) is 28.6 Å². The first-order valence-corrected chi connectivity index (χ1v) is 6.40. The molecule has 0 aliphatic heterocycles. The third-order valence-corrected chi connectivity index (χ3v) is 3.46. The summed E-state index contributed by atoms with van der Waals surface area (Å²) in [5.74, 6) is 2.42. The standard InChI is InChI=1S/C12H13N3S/c1-13-11-6-10(8-2-3-8)14-12(15-11)9-4-5-16-7-9/h4-8H,2-3H2,1H3,(H,13,14,15). The molecule has 0 aromatic carbocycles. The third kappa shape index (κ3) is 1.80. The van der Waals surface area contributed by atoms with E-state index in [1.54, 1.807) is 11.3 Å². The molecule has 0 unspecified atom stereocenters. The van der Waals surface area contributed by atoms with E-state index in [0.29, 0.717) is 5.92 Å². The lowest BCUT2D eigenvalue weighted by atomic mass is 10.2. The Morgan fingerprint density at radius 1 is 1.38 bits per heavy atom. The van der Waals surface area contributed by atoms with E-state index in [1.165, 1.54) is 18.5 Å². The van der Waals surface area contributed by atoms with Gasteiger partial charge in [-0.25, -0.2) is 9.97 Å². The van der Waals surface area contributed by atoms with Gasteiger partial charge in [0.2, 0.25) is 0 Å². The predicted molar refractivity (Wildman–Crippen MR) is 66.9 cm³/mol. The van der Waals surface area contributed by atoms with E-state index >= 15 is 0 Å². The number of anilines is 1. The van der Waals surface area contributed by atoms with Crippen molar-refractivity contribution in [3.8, 4) is 11.4 Å². The monoisotopic (exact) mass is 231 g/mol. The van der Waals surface area contributed by atoms with Gasteiger partial charge >= 0.3 is 0 Å². The molecule has 1 aliphatic rings. The molecule has 16 heavy (non-hydrogen) atoms. The fourth-order valence-corrected chi connectivity index (χ4v) is 2.34. The molecule has 1 aliphatic carbocycles. The lowest BCUT2D eigenvalue weighted by molar-refractivity contribution is 0.995. The van der Waals surface area contributed by atoms with Gasteiger partial charge in [0.1, 0.15) is 5.82 Å². The Labute approximate surface area is 98.6 Å². The summed E-state index contributed by atoms with van der Waals surface area (Å²) in [7, 11) is 1.90. The molecule has 2 aromatic heterocycles. The van der Waals surface area contributed by atoms with Crippen molar-refractivity contribution in [2.75, 3.05) is 12.4 Å². The molecule has 82 valence electrons. The molecule has 0 saturated heterocycles. The number of hydrogen-bond acceptors (Lipinski definition) is 4. The van der Waals surface area contributed by atoms with Crippen LogP contribution in [0.2, 0.25) is 0 Å². The minimum Gasteiger partial charge on any atom is -0.373 e. The van der Waals surface area contributed by atoms with Crippen LogP contribution in [0.15, 0.2) is 22.9 Å². The summed E-state index contributed by atoms with van der Waals surface area (Å²) in [6.07, 6.45) is 2.53. The van der Waals surface area contributed by atoms with E-state index in [4.69, 9.17) is 0 Å². The van der Waals surface area contributed by atoms with Crippen LogP contribution < -0.4 is 5.32 Å². The van der Waals surface area contributed by atoms with Crippen molar-refractivity contribution < 1.29 is 0 Å². The van der Waals surface area contributed by atoms with Gasteiger partial charge in [0.05, 0.1) is 0 Å². The number of thiophene rings is 1. The maximum atomic E-state index is 4.64. The Bertz CT molecular complexity index is 489. The van der Waals surface area contributed by atoms with Crippen molar-refractivity contribution in [1.82, 2.24) is 9.97 Å². The minimum absolute atomic E-state index is 0.660. The Morgan fingerprint density at radius 3 is 2.88 bits per heavy atom. The Morgan fingerprint density at radius 2 is 2.25 bits per heavy atom. The van der Waals surface area contributed by atoms with E-state index in [-0.39, 0.29) is 0 Å². The van der Waals surface area contributed by atoms with E-state index in [0.717, 1.165) is 17.2 Å². The van der Waals surface area contributed by atoms with Crippen LogP contribution in [-0.2, 0) is 0 Å². The molecule has 0 radical (unpaired) electrons. The maximum absolute atomic E-state index is 4.64. The molecule has 0 atom stereocenters. The summed E-state index contributed by atoms with van der Waals surface area (Å²) in [5.41, 5.74) is 2.30. The second kappa shape index (κ2) is 3.87. The fraction of sp³-hybridized carbons (Fsp3) is 0.333. The number of aromatic nitrogens is 2. The normalized spacial score (nSPS) is 15.1. The Kier molecular flexibility index (Phi) is 2.36. The molecule has 1 N–H and O–H groups in total. The number of nitrogens with zero attached hydrogens (tertiary/aromatic N) is 2. The highest BCUT2D eigenvalue weighted by Crippen LogP contribution is 2.40. The van der Waals surface area contributed by atoms with Crippen LogP contribution in [-0.4, -0.2) is 17.0 Å². The molecule has 0 bridgehead atoms. The van der Waals surface area contributed by atoms with E-state index < -0.39 is 0 Å². The second-order valence-electron chi connectivity index (χ2n) is 4.04. The highest BCUT2D eigenvalue weighted by molar-refractivity contribution is 7.08. The van der Waals surface area contributed by atoms with E-state index in [2.05, 4.69) is 38.2 Å². The summed E-state index contributed by atoms with van der Waals surface area (Å²) >= 11 is 1.68. The number of hydrogen-bond donors (Lipinski definition) is 1. The van der Waals surface area contributed by atoms with Crippen LogP contribution in [0.25, 0.3) is 11.4 Å². The molecular weight excluding hydrogens is 218 g/mol. The van der Waals surface area contributed by atoms with Crippen LogP contribution >= 0.6 is 11.3 Å². The summed E-state index contributed by atoms with van der Waals surface area (Å²) in [4.78, 5) is 9.13. The van der Waals surface area contributed by atoms with Crippen LogP contribution in [0.3, 0.4) is 0 Å². The average molecular weight is 231 g/mol. The molecule has 3 nitrogen and oxygen atoms in total. The lowest BCUT2D eigenvalue weighted by Gasteiger charge is -2.05. The van der Waals surface area contributed by atoms with Crippen molar-refractivity contribution in [1.29, 1.82) is 0 Å². The van der Waals surface area contributed by atoms with Gasteiger partial charge in [0.15, 0.2) is 5.82 Å². The molecule has 2 aromatic rings. The molecule has 1 saturated carbocycles. The number of rotatable bonds is 3. The largest absolute Gasteiger partial charge is 0.373 e. The quantitative estimate of drug-likeness (QED) is 0.882. The van der Waals surface area contributed by atoms with Crippen LogP contribution in [0.4, 0.5) is 5.82 Å². The fourth-order valence-electron chi connectivity index (χ4n) is 1.70. The van der Waals surface area contributed by atoms with Gasteiger partial charge in [-0.1, -0.05) is 0 Å².